The molecule has 0 bridgehead atoms. The van der Waals surface area contributed by atoms with Gasteiger partial charge in [-0.2, -0.15) is 0 Å². The number of esters is 1. The number of hydrogen-bond acceptors (Lipinski definition) is 6. The summed E-state index contributed by atoms with van der Waals surface area (Å²) in [7, 11) is 1.54. The highest BCUT2D eigenvalue weighted by atomic mass is 16.5. The third kappa shape index (κ3) is 4.46. The number of methoxy groups -OCH3 is 1. The highest BCUT2D eigenvalue weighted by Crippen LogP contribution is 2.58. The van der Waals surface area contributed by atoms with Crippen LogP contribution < -0.4 is 15.0 Å². The van der Waals surface area contributed by atoms with Gasteiger partial charge < -0.3 is 19.7 Å². The van der Waals surface area contributed by atoms with Crippen LogP contribution in [0.2, 0.25) is 0 Å². The van der Waals surface area contributed by atoms with Crippen LogP contribution in [0.1, 0.15) is 38.7 Å². The van der Waals surface area contributed by atoms with E-state index in [0.29, 0.717) is 22.6 Å². The van der Waals surface area contributed by atoms with Gasteiger partial charge in [-0.1, -0.05) is 121 Å². The molecule has 0 saturated carbocycles. The number of amides is 1. The van der Waals surface area contributed by atoms with Crippen molar-refractivity contribution >= 4 is 35.1 Å². The molecular weight excluding hydrogens is 600 g/mol. The molecule has 5 aromatic carbocycles. The van der Waals surface area contributed by atoms with Crippen LogP contribution in [-0.4, -0.2) is 36.9 Å². The number of carbonyl (C=O) groups is 3. The van der Waals surface area contributed by atoms with Gasteiger partial charge in [-0.3, -0.25) is 14.4 Å². The summed E-state index contributed by atoms with van der Waals surface area (Å²) in [5.41, 5.74) is 3.37. The molecule has 4 atom stereocenters. The largest absolute Gasteiger partial charge is 0.497 e. The Morgan fingerprint density at radius 2 is 1.46 bits per heavy atom. The first-order chi connectivity index (χ1) is 23.5. The summed E-state index contributed by atoms with van der Waals surface area (Å²) < 4.78 is 12.0. The minimum Gasteiger partial charge on any atom is -0.497 e. The minimum absolute atomic E-state index is 0.309. The van der Waals surface area contributed by atoms with Gasteiger partial charge in [-0.15, -0.1) is 0 Å². The zero-order valence-electron chi connectivity index (χ0n) is 26.2. The maximum absolute atomic E-state index is 15.2. The Balaban J connectivity index is 1.36. The number of rotatable bonds is 7. The van der Waals surface area contributed by atoms with Crippen molar-refractivity contribution in [2.45, 2.75) is 23.6 Å². The normalized spacial score (nSPS) is 21.8. The number of benzene rings is 5. The second-order valence-electron chi connectivity index (χ2n) is 12.3. The number of ether oxygens (including phenoxy) is 2. The van der Waals surface area contributed by atoms with E-state index in [1.807, 2.05) is 126 Å². The van der Waals surface area contributed by atoms with Crippen molar-refractivity contribution in [3.05, 3.63) is 167 Å². The SMILES string of the molecule is COc1cccc(C(=O)[C@@H]2[C@H](C(=O)OC(c3ccccc3)c3ccccc3)[C@@]3(C(=O)Nc4ccccc43)[C@@H]3C=Cc4ccccc4N23)c1. The molecule has 1 amide bonds. The quantitative estimate of drug-likeness (QED) is 0.154. The molecular formula is C41H32N2O5. The first-order valence-corrected chi connectivity index (χ1v) is 16.0. The number of anilines is 2. The van der Waals surface area contributed by atoms with E-state index in [1.54, 1.807) is 31.4 Å². The minimum atomic E-state index is -1.48. The van der Waals surface area contributed by atoms with Crippen molar-refractivity contribution in [3.63, 3.8) is 0 Å². The fourth-order valence-electron chi connectivity index (χ4n) is 7.81. The summed E-state index contributed by atoms with van der Waals surface area (Å²) in [4.78, 5) is 46.9. The predicted octanol–water partition coefficient (Wildman–Crippen LogP) is 7.00. The van der Waals surface area contributed by atoms with Gasteiger partial charge in [-0.25, -0.2) is 0 Å². The molecule has 1 N–H and O–H groups in total. The molecule has 48 heavy (non-hydrogen) atoms. The Morgan fingerprint density at radius 1 is 0.792 bits per heavy atom. The van der Waals surface area contributed by atoms with Gasteiger partial charge in [0, 0.05) is 16.9 Å². The maximum atomic E-state index is 15.2. The first-order valence-electron chi connectivity index (χ1n) is 16.0. The monoisotopic (exact) mass is 632 g/mol. The van der Waals surface area contributed by atoms with Crippen LogP contribution in [0.25, 0.3) is 6.08 Å². The van der Waals surface area contributed by atoms with Crippen LogP contribution in [-0.2, 0) is 19.7 Å². The molecule has 3 heterocycles. The van der Waals surface area contributed by atoms with Gasteiger partial charge in [0.2, 0.25) is 5.91 Å². The first kappa shape index (κ1) is 29.5. The Labute approximate surface area is 278 Å². The fourth-order valence-corrected chi connectivity index (χ4v) is 7.81. The van der Waals surface area contributed by atoms with Crippen LogP contribution in [0.15, 0.2) is 140 Å². The van der Waals surface area contributed by atoms with Gasteiger partial charge in [0.15, 0.2) is 11.9 Å². The van der Waals surface area contributed by atoms with Gasteiger partial charge in [0.05, 0.1) is 13.2 Å². The van der Waals surface area contributed by atoms with Crippen LogP contribution >= 0.6 is 0 Å². The molecule has 1 spiro atoms. The van der Waals surface area contributed by atoms with Gasteiger partial charge >= 0.3 is 5.97 Å². The molecule has 0 aliphatic carbocycles. The third-order valence-electron chi connectivity index (χ3n) is 9.86. The average Bonchev–Trinajstić information content (AvgIpc) is 3.63. The number of nitrogens with one attached hydrogen (secondary N) is 1. The van der Waals surface area contributed by atoms with E-state index in [4.69, 9.17) is 9.47 Å². The Hall–Kier alpha value is -5.95. The molecule has 8 rings (SSSR count). The lowest BCUT2D eigenvalue weighted by Gasteiger charge is -2.37. The number of hydrogen-bond donors (Lipinski definition) is 1. The summed E-state index contributed by atoms with van der Waals surface area (Å²) >= 11 is 0. The van der Waals surface area contributed by atoms with Gasteiger partial charge in [-0.05, 0) is 46.5 Å². The Kier molecular flexibility index (Phi) is 7.17. The summed E-state index contributed by atoms with van der Waals surface area (Å²) in [6, 6.07) is 39.4. The predicted molar refractivity (Wildman–Crippen MR) is 184 cm³/mol. The summed E-state index contributed by atoms with van der Waals surface area (Å²) in [5, 5.41) is 3.07. The van der Waals surface area contributed by atoms with Crippen molar-refractivity contribution in [2.75, 3.05) is 17.3 Å². The van der Waals surface area contributed by atoms with Crippen molar-refractivity contribution in [3.8, 4) is 5.75 Å². The van der Waals surface area contributed by atoms with Gasteiger partial charge in [0.25, 0.3) is 0 Å². The molecule has 5 aromatic rings. The standard InChI is InChI=1S/C41H32N2O5/c1-47-30-19-12-18-29(25-30)37(44)36-35(39(45)48-38(27-14-4-2-5-15-27)28-16-6-3-7-17-28)41(31-20-9-10-21-32(31)42-40(41)46)34-24-23-26-13-8-11-22-33(26)43(34)36/h2-25,34-36,38H,1H3,(H,42,46)/t34-,35+,36-,41-/m0/s1. The van der Waals surface area contributed by atoms with E-state index in [2.05, 4.69) is 5.32 Å². The molecule has 0 unspecified atom stereocenters. The molecule has 0 aromatic heterocycles. The van der Waals surface area contributed by atoms with Crippen LogP contribution in [0, 0.1) is 5.92 Å². The zero-order chi connectivity index (χ0) is 32.8. The highest BCUT2D eigenvalue weighted by molar-refractivity contribution is 6.15. The molecule has 0 radical (unpaired) electrons. The lowest BCUT2D eigenvalue weighted by Crippen LogP contribution is -2.51. The van der Waals surface area contributed by atoms with E-state index in [1.165, 1.54) is 0 Å². The topological polar surface area (TPSA) is 84.9 Å². The molecule has 7 heteroatoms. The summed E-state index contributed by atoms with van der Waals surface area (Å²) in [6.07, 6.45) is 3.16. The van der Waals surface area contributed by atoms with E-state index < -0.39 is 35.5 Å². The highest BCUT2D eigenvalue weighted by Gasteiger charge is 2.71. The fraction of sp³-hybridized carbons (Fsp3) is 0.146. The Bertz CT molecular complexity index is 2040. The van der Waals surface area contributed by atoms with E-state index in [9.17, 15) is 4.79 Å². The van der Waals surface area contributed by atoms with Crippen molar-refractivity contribution in [2.24, 2.45) is 5.92 Å². The molecule has 1 saturated heterocycles. The number of nitrogens with zero attached hydrogens (tertiary/aromatic N) is 1. The van der Waals surface area contributed by atoms with E-state index in [-0.39, 0.29) is 11.7 Å². The van der Waals surface area contributed by atoms with Crippen LogP contribution in [0.3, 0.4) is 0 Å². The lowest BCUT2D eigenvalue weighted by molar-refractivity contribution is -0.156. The number of ketones is 1. The smallest absolute Gasteiger partial charge is 0.314 e. The molecule has 3 aliphatic heterocycles. The second kappa shape index (κ2) is 11.7. The average molecular weight is 633 g/mol. The van der Waals surface area contributed by atoms with E-state index in [0.717, 1.165) is 22.4 Å². The van der Waals surface area contributed by atoms with Crippen molar-refractivity contribution in [1.29, 1.82) is 0 Å². The number of Topliss-reactive ketones (excluding diaryl/α,β-unsaturated/α-hetero) is 1. The summed E-state index contributed by atoms with van der Waals surface area (Å²) in [5.74, 6) is -2.01. The van der Waals surface area contributed by atoms with Crippen LogP contribution in [0.4, 0.5) is 11.4 Å². The molecule has 1 fully saturated rings. The van der Waals surface area contributed by atoms with Crippen molar-refractivity contribution in [1.82, 2.24) is 0 Å². The lowest BCUT2D eigenvalue weighted by atomic mass is 9.66. The molecule has 7 nitrogen and oxygen atoms in total. The molecule has 3 aliphatic rings. The zero-order valence-corrected chi connectivity index (χ0v) is 26.2. The molecule has 236 valence electrons. The maximum Gasteiger partial charge on any atom is 0.314 e. The van der Waals surface area contributed by atoms with Crippen molar-refractivity contribution < 1.29 is 23.9 Å². The number of fused-ring (bicyclic) bond motifs is 6. The Morgan fingerprint density at radius 3 is 2.19 bits per heavy atom. The number of para-hydroxylation sites is 2. The number of carbonyl (C=O) groups excluding carboxylic acids is 3. The van der Waals surface area contributed by atoms with Crippen LogP contribution in [0.5, 0.6) is 5.75 Å². The second-order valence-corrected chi connectivity index (χ2v) is 12.3. The van der Waals surface area contributed by atoms with E-state index >= 15 is 9.59 Å². The third-order valence-corrected chi connectivity index (χ3v) is 9.86. The van der Waals surface area contributed by atoms with Gasteiger partial charge in [0.1, 0.15) is 23.1 Å². The summed E-state index contributed by atoms with van der Waals surface area (Å²) in [6.45, 7) is 0.